The lowest BCUT2D eigenvalue weighted by Crippen LogP contribution is -2.46. The number of rotatable bonds is 8. The van der Waals surface area contributed by atoms with Crippen LogP contribution in [0.25, 0.3) is 11.0 Å². The Balaban J connectivity index is 0.000000166. The SMILES string of the molecule is NC(=O)c1cc2cc(N3CCN(Cc4ccccc4)CC3)ccc2o1.O=Cc1cc(N2CCN(Cc3ccccc3)CC2)ccc1O. The molecule has 0 saturated carbocycles. The summed E-state index contributed by atoms with van der Waals surface area (Å²) in [4.78, 5) is 31.7. The summed E-state index contributed by atoms with van der Waals surface area (Å²) < 4.78 is 5.45. The normalized spacial score (nSPS) is 15.7. The van der Waals surface area contributed by atoms with Crippen molar-refractivity contribution < 1.29 is 19.1 Å². The number of piperazine rings is 2. The van der Waals surface area contributed by atoms with Gasteiger partial charge in [-0.3, -0.25) is 19.4 Å². The standard InChI is InChI=1S/C20H21N3O2.C18H20N2O2/c21-20(24)19-13-16-12-17(6-7-18(16)25-19)23-10-8-22(9-11-23)14-15-4-2-1-3-5-15;21-14-16-12-17(6-7-18(16)22)20-10-8-19(9-11-20)13-15-4-2-1-3-5-15/h1-7,12-13H,8-11,14H2,(H2,21,24);1-7,12,14,22H,8-11,13H2. The number of furan rings is 1. The molecule has 7 rings (SSSR count). The highest BCUT2D eigenvalue weighted by atomic mass is 16.3. The first-order chi connectivity index (χ1) is 22.9. The third-order valence-electron chi connectivity index (χ3n) is 8.85. The Morgan fingerprint density at radius 1 is 0.681 bits per heavy atom. The highest BCUT2D eigenvalue weighted by molar-refractivity contribution is 5.95. The van der Waals surface area contributed by atoms with Crippen molar-refractivity contribution in [3.8, 4) is 5.75 Å². The molecule has 0 bridgehead atoms. The maximum Gasteiger partial charge on any atom is 0.284 e. The second kappa shape index (κ2) is 15.0. The van der Waals surface area contributed by atoms with Crippen molar-refractivity contribution in [2.45, 2.75) is 13.1 Å². The van der Waals surface area contributed by atoms with E-state index >= 15 is 0 Å². The summed E-state index contributed by atoms with van der Waals surface area (Å²) in [6.45, 7) is 9.85. The van der Waals surface area contributed by atoms with E-state index in [2.05, 4.69) is 80.3 Å². The minimum atomic E-state index is -0.535. The largest absolute Gasteiger partial charge is 0.507 e. The van der Waals surface area contributed by atoms with Crippen LogP contribution in [0.4, 0.5) is 11.4 Å². The smallest absolute Gasteiger partial charge is 0.284 e. The molecule has 3 heterocycles. The van der Waals surface area contributed by atoms with E-state index in [9.17, 15) is 14.7 Å². The molecule has 1 amide bonds. The van der Waals surface area contributed by atoms with Crippen LogP contribution >= 0.6 is 0 Å². The second-order valence-electron chi connectivity index (χ2n) is 12.1. The van der Waals surface area contributed by atoms with E-state index in [0.29, 0.717) is 17.4 Å². The van der Waals surface area contributed by atoms with E-state index in [-0.39, 0.29) is 11.5 Å². The van der Waals surface area contributed by atoms with Crippen molar-refractivity contribution in [1.82, 2.24) is 9.80 Å². The zero-order chi connectivity index (χ0) is 32.6. The molecule has 2 aliphatic rings. The van der Waals surface area contributed by atoms with Gasteiger partial charge in [-0.25, -0.2) is 0 Å². The molecule has 2 aliphatic heterocycles. The minimum absolute atomic E-state index is 0.0430. The van der Waals surface area contributed by atoms with Gasteiger partial charge in [0.1, 0.15) is 11.3 Å². The quantitative estimate of drug-likeness (QED) is 0.220. The predicted octanol–water partition coefficient (Wildman–Crippen LogP) is 5.38. The number of nitrogens with zero attached hydrogens (tertiary/aromatic N) is 4. The van der Waals surface area contributed by atoms with Crippen LogP contribution in [0, 0.1) is 0 Å². The summed E-state index contributed by atoms with van der Waals surface area (Å²) in [5.74, 6) is -0.284. The van der Waals surface area contributed by atoms with E-state index in [1.807, 2.05) is 24.3 Å². The molecule has 47 heavy (non-hydrogen) atoms. The number of benzene rings is 4. The van der Waals surface area contributed by atoms with Crippen LogP contribution in [0.1, 0.15) is 32.0 Å². The molecule has 0 unspecified atom stereocenters. The molecule has 2 fully saturated rings. The first-order valence-corrected chi connectivity index (χ1v) is 16.1. The van der Waals surface area contributed by atoms with Gasteiger partial charge >= 0.3 is 0 Å². The van der Waals surface area contributed by atoms with Crippen LogP contribution in [0.15, 0.2) is 108 Å². The third-order valence-corrected chi connectivity index (χ3v) is 8.85. The number of primary amides is 1. The van der Waals surface area contributed by atoms with E-state index in [1.54, 1.807) is 18.2 Å². The first-order valence-electron chi connectivity index (χ1n) is 16.1. The number of aromatic hydroxyl groups is 1. The van der Waals surface area contributed by atoms with Crippen molar-refractivity contribution in [1.29, 1.82) is 0 Å². The highest BCUT2D eigenvalue weighted by Crippen LogP contribution is 2.27. The summed E-state index contributed by atoms with van der Waals surface area (Å²) in [5.41, 5.74) is 11.2. The van der Waals surface area contributed by atoms with Crippen LogP contribution in [0.3, 0.4) is 0 Å². The van der Waals surface area contributed by atoms with Gasteiger partial charge in [-0.15, -0.1) is 0 Å². The minimum Gasteiger partial charge on any atom is -0.507 e. The molecular formula is C38H41N5O4. The zero-order valence-electron chi connectivity index (χ0n) is 26.5. The van der Waals surface area contributed by atoms with Crippen LogP contribution < -0.4 is 15.5 Å². The summed E-state index contributed by atoms with van der Waals surface area (Å²) in [6, 6.07) is 34.0. The number of hydrogen-bond acceptors (Lipinski definition) is 8. The first kappa shape index (κ1) is 31.8. The fourth-order valence-corrected chi connectivity index (χ4v) is 6.19. The lowest BCUT2D eigenvalue weighted by molar-refractivity contribution is 0.0975. The summed E-state index contributed by atoms with van der Waals surface area (Å²) in [6.07, 6.45) is 0.699. The fourth-order valence-electron chi connectivity index (χ4n) is 6.19. The Labute approximate surface area is 275 Å². The number of aldehydes is 1. The van der Waals surface area contributed by atoms with Crippen molar-refractivity contribution in [2.75, 3.05) is 62.2 Å². The predicted molar refractivity (Wildman–Crippen MR) is 186 cm³/mol. The molecule has 0 atom stereocenters. The molecule has 0 radical (unpaired) electrons. The third kappa shape index (κ3) is 8.19. The van der Waals surface area contributed by atoms with Crippen LogP contribution in [0.2, 0.25) is 0 Å². The maximum absolute atomic E-state index is 11.3. The van der Waals surface area contributed by atoms with Crippen LogP contribution in [-0.4, -0.2) is 79.5 Å². The van der Waals surface area contributed by atoms with Crippen molar-refractivity contribution in [3.05, 3.63) is 126 Å². The molecule has 2 saturated heterocycles. The summed E-state index contributed by atoms with van der Waals surface area (Å²) >= 11 is 0. The van der Waals surface area contributed by atoms with Gasteiger partial charge in [0, 0.05) is 82.2 Å². The number of anilines is 2. The molecule has 242 valence electrons. The molecule has 4 aromatic carbocycles. The van der Waals surface area contributed by atoms with Gasteiger partial charge < -0.3 is 25.1 Å². The molecule has 1 aromatic heterocycles. The van der Waals surface area contributed by atoms with Gasteiger partial charge in [0.2, 0.25) is 0 Å². The zero-order valence-corrected chi connectivity index (χ0v) is 26.5. The van der Waals surface area contributed by atoms with Crippen LogP contribution in [0.5, 0.6) is 5.75 Å². The number of carbonyl (C=O) groups is 2. The summed E-state index contributed by atoms with van der Waals surface area (Å²) in [7, 11) is 0. The maximum atomic E-state index is 11.3. The molecular weight excluding hydrogens is 590 g/mol. The van der Waals surface area contributed by atoms with Gasteiger partial charge in [-0.05, 0) is 53.6 Å². The van der Waals surface area contributed by atoms with E-state index in [1.165, 1.54) is 11.1 Å². The number of phenolic OH excluding ortho intramolecular Hbond substituents is 1. The topological polar surface area (TPSA) is 106 Å². The number of fused-ring (bicyclic) bond motifs is 1. The van der Waals surface area contributed by atoms with E-state index < -0.39 is 5.91 Å². The molecule has 0 spiro atoms. The lowest BCUT2D eigenvalue weighted by atomic mass is 10.1. The highest BCUT2D eigenvalue weighted by Gasteiger charge is 2.20. The monoisotopic (exact) mass is 631 g/mol. The van der Waals surface area contributed by atoms with Gasteiger partial charge in [0.25, 0.3) is 5.91 Å². The van der Waals surface area contributed by atoms with Gasteiger partial charge in [-0.1, -0.05) is 60.7 Å². The Morgan fingerprint density at radius 2 is 1.19 bits per heavy atom. The molecule has 9 nitrogen and oxygen atoms in total. The molecule has 9 heteroatoms. The van der Waals surface area contributed by atoms with Gasteiger partial charge in [0.05, 0.1) is 5.56 Å². The van der Waals surface area contributed by atoms with E-state index in [0.717, 1.165) is 82.2 Å². The fraction of sp³-hybridized carbons (Fsp3) is 0.263. The Hall–Kier alpha value is -5.12. The molecule has 3 N–H and O–H groups in total. The Kier molecular flexibility index (Phi) is 10.2. The van der Waals surface area contributed by atoms with Crippen molar-refractivity contribution in [3.63, 3.8) is 0 Å². The summed E-state index contributed by atoms with van der Waals surface area (Å²) in [5, 5.41) is 10.5. The average molecular weight is 632 g/mol. The average Bonchev–Trinajstić information content (AvgIpc) is 3.55. The number of carbonyl (C=O) groups excluding carboxylic acids is 2. The number of hydrogen-bond donors (Lipinski definition) is 2. The number of nitrogens with two attached hydrogens (primary N) is 1. The Morgan fingerprint density at radius 3 is 1.70 bits per heavy atom. The van der Waals surface area contributed by atoms with Gasteiger partial charge in [-0.2, -0.15) is 0 Å². The van der Waals surface area contributed by atoms with Crippen molar-refractivity contribution in [2.24, 2.45) is 5.73 Å². The second-order valence-corrected chi connectivity index (χ2v) is 12.1. The lowest BCUT2D eigenvalue weighted by Gasteiger charge is -2.36. The van der Waals surface area contributed by atoms with Crippen molar-refractivity contribution >= 4 is 34.5 Å². The van der Waals surface area contributed by atoms with Gasteiger partial charge in [0.15, 0.2) is 12.0 Å². The van der Waals surface area contributed by atoms with E-state index in [4.69, 9.17) is 10.2 Å². The Bertz CT molecular complexity index is 1780. The molecule has 0 aliphatic carbocycles. The number of amides is 1. The molecule has 5 aromatic rings. The number of phenols is 1. The van der Waals surface area contributed by atoms with Crippen LogP contribution in [-0.2, 0) is 13.1 Å².